The summed E-state index contributed by atoms with van der Waals surface area (Å²) in [7, 11) is 0. The summed E-state index contributed by atoms with van der Waals surface area (Å²) in [5.41, 5.74) is 1.32. The highest BCUT2D eigenvalue weighted by Gasteiger charge is 2.40. The highest BCUT2D eigenvalue weighted by molar-refractivity contribution is 7.80. The van der Waals surface area contributed by atoms with Gasteiger partial charge in [0.05, 0.1) is 26.2 Å². The van der Waals surface area contributed by atoms with Gasteiger partial charge in [-0.15, -0.1) is 0 Å². The minimum atomic E-state index is 0.345. The van der Waals surface area contributed by atoms with E-state index < -0.39 is 0 Å². The number of nitrogens with zero attached hydrogens (tertiary/aromatic N) is 1. The van der Waals surface area contributed by atoms with Gasteiger partial charge in [-0.25, -0.2) is 0 Å². The highest BCUT2D eigenvalue weighted by Crippen LogP contribution is 2.44. The van der Waals surface area contributed by atoms with Gasteiger partial charge in [0.25, 0.3) is 0 Å². The molecule has 2 saturated carbocycles. The maximum atomic E-state index is 5.72. The van der Waals surface area contributed by atoms with Gasteiger partial charge < -0.3 is 24.6 Å². The van der Waals surface area contributed by atoms with Gasteiger partial charge in [-0.2, -0.15) is 0 Å². The maximum absolute atomic E-state index is 5.72. The lowest BCUT2D eigenvalue weighted by Gasteiger charge is -2.36. The largest absolute Gasteiger partial charge is 0.454 e. The van der Waals surface area contributed by atoms with Crippen LogP contribution in [0.25, 0.3) is 0 Å². The van der Waals surface area contributed by atoms with Gasteiger partial charge in [-0.05, 0) is 61.5 Å². The summed E-state index contributed by atoms with van der Waals surface area (Å²) >= 11 is 5.72. The summed E-state index contributed by atoms with van der Waals surface area (Å²) < 4.78 is 10.9. The van der Waals surface area contributed by atoms with E-state index in [0.717, 1.165) is 61.2 Å². The molecule has 2 N–H and O–H groups in total. The van der Waals surface area contributed by atoms with Gasteiger partial charge in [0.2, 0.25) is 6.79 Å². The van der Waals surface area contributed by atoms with Crippen LogP contribution in [0.4, 0.5) is 0 Å². The van der Waals surface area contributed by atoms with E-state index in [4.69, 9.17) is 21.7 Å². The lowest BCUT2D eigenvalue weighted by Crippen LogP contribution is -3.13. The first-order valence-corrected chi connectivity index (χ1v) is 10.4. The van der Waals surface area contributed by atoms with Crippen LogP contribution >= 0.6 is 12.2 Å². The number of fused-ring (bicyclic) bond motifs is 3. The van der Waals surface area contributed by atoms with E-state index in [-0.39, 0.29) is 0 Å². The normalized spacial score (nSPS) is 30.0. The molecule has 0 aromatic heterocycles. The minimum absolute atomic E-state index is 0.345. The van der Waals surface area contributed by atoms with Gasteiger partial charge in [-0.3, -0.25) is 0 Å². The summed E-state index contributed by atoms with van der Waals surface area (Å²) in [6.07, 6.45) is 5.60. The molecule has 5 nitrogen and oxygen atoms in total. The van der Waals surface area contributed by atoms with Crippen LogP contribution in [0.2, 0.25) is 0 Å². The number of hydrogen-bond acceptors (Lipinski definition) is 3. The van der Waals surface area contributed by atoms with Gasteiger partial charge in [0.15, 0.2) is 16.6 Å². The molecule has 2 bridgehead atoms. The molecule has 0 unspecified atom stereocenters. The van der Waals surface area contributed by atoms with Gasteiger partial charge in [-0.1, -0.05) is 6.42 Å². The van der Waals surface area contributed by atoms with Crippen molar-refractivity contribution in [1.29, 1.82) is 0 Å². The number of thiocarbonyl (C=S) groups is 1. The van der Waals surface area contributed by atoms with Crippen LogP contribution in [0.15, 0.2) is 18.2 Å². The van der Waals surface area contributed by atoms with Crippen LogP contribution in [0, 0.1) is 11.8 Å². The maximum Gasteiger partial charge on any atom is 0.231 e. The Kier molecular flexibility index (Phi) is 4.41. The number of rotatable bonds is 3. The zero-order valence-electron chi connectivity index (χ0n) is 15.2. The van der Waals surface area contributed by atoms with Gasteiger partial charge in [0, 0.05) is 11.6 Å². The van der Waals surface area contributed by atoms with E-state index in [9.17, 15) is 0 Å². The highest BCUT2D eigenvalue weighted by atomic mass is 32.1. The second kappa shape index (κ2) is 6.89. The Morgan fingerprint density at radius 3 is 2.77 bits per heavy atom. The number of quaternary nitrogens is 1. The summed E-state index contributed by atoms with van der Waals surface area (Å²) in [6, 6.07) is 6.96. The quantitative estimate of drug-likeness (QED) is 0.778. The molecule has 3 fully saturated rings. The van der Waals surface area contributed by atoms with Crippen LogP contribution in [-0.2, 0) is 6.54 Å². The fourth-order valence-electron chi connectivity index (χ4n) is 5.21. The van der Waals surface area contributed by atoms with Crippen molar-refractivity contribution in [2.75, 3.05) is 33.0 Å². The molecule has 5 rings (SSSR count). The molecule has 6 heteroatoms. The Morgan fingerprint density at radius 2 is 2.00 bits per heavy atom. The average molecular weight is 375 g/mol. The van der Waals surface area contributed by atoms with E-state index >= 15 is 0 Å². The molecule has 1 aromatic rings. The van der Waals surface area contributed by atoms with Crippen molar-refractivity contribution in [3.8, 4) is 11.5 Å². The molecule has 0 amide bonds. The predicted octanol–water partition coefficient (Wildman–Crippen LogP) is 1.18. The van der Waals surface area contributed by atoms with E-state index in [1.807, 2.05) is 6.07 Å². The van der Waals surface area contributed by atoms with Gasteiger partial charge >= 0.3 is 0 Å². The Labute approximate surface area is 160 Å². The van der Waals surface area contributed by atoms with Crippen LogP contribution in [0.1, 0.15) is 31.2 Å². The summed E-state index contributed by atoms with van der Waals surface area (Å²) in [6.45, 7) is 5.74. The third-order valence-corrected chi connectivity index (χ3v) is 7.07. The fraction of sp³-hybridized carbons (Fsp3) is 0.650. The number of ether oxygens (including phenoxy) is 2. The Bertz CT molecular complexity index is 690. The summed E-state index contributed by atoms with van der Waals surface area (Å²) in [5, 5.41) is 4.68. The number of piperazine rings is 1. The average Bonchev–Trinajstić information content (AvgIpc) is 3.38. The second-order valence-electron chi connectivity index (χ2n) is 8.33. The van der Waals surface area contributed by atoms with Crippen LogP contribution in [0.5, 0.6) is 11.5 Å². The number of hydrogen-bond donors (Lipinski definition) is 2. The molecule has 26 heavy (non-hydrogen) atoms. The third-order valence-electron chi connectivity index (χ3n) is 6.70. The van der Waals surface area contributed by atoms with Crippen molar-refractivity contribution in [2.45, 2.75) is 38.3 Å². The molecule has 140 valence electrons. The molecule has 1 saturated heterocycles. The molecular formula is C20H28N3O2S+. The van der Waals surface area contributed by atoms with Crippen molar-refractivity contribution in [3.63, 3.8) is 0 Å². The van der Waals surface area contributed by atoms with Crippen molar-refractivity contribution in [1.82, 2.24) is 10.2 Å². The summed E-state index contributed by atoms with van der Waals surface area (Å²) in [4.78, 5) is 3.99. The third kappa shape index (κ3) is 3.25. The SMILES string of the molecule is S=C(N[C@H]1C[C@@H]2CC[C@@H]1C2)N1CC[NH+](Cc2ccc3c(c2)OCO3)CC1. The number of nitrogens with one attached hydrogen (secondary N) is 2. The molecule has 1 aromatic carbocycles. The first-order chi connectivity index (χ1) is 12.7. The zero-order valence-corrected chi connectivity index (χ0v) is 16.0. The van der Waals surface area contributed by atoms with Crippen LogP contribution in [0.3, 0.4) is 0 Å². The van der Waals surface area contributed by atoms with Crippen molar-refractivity contribution in [3.05, 3.63) is 23.8 Å². The molecule has 2 heterocycles. The molecule has 4 aliphatic rings. The van der Waals surface area contributed by atoms with E-state index in [0.29, 0.717) is 12.8 Å². The topological polar surface area (TPSA) is 38.2 Å². The van der Waals surface area contributed by atoms with Crippen molar-refractivity contribution >= 4 is 17.3 Å². The molecule has 0 radical (unpaired) electrons. The predicted molar refractivity (Wildman–Crippen MR) is 104 cm³/mol. The van der Waals surface area contributed by atoms with Crippen molar-refractivity contribution in [2.24, 2.45) is 11.8 Å². The Morgan fingerprint density at radius 1 is 1.15 bits per heavy atom. The zero-order chi connectivity index (χ0) is 17.5. The molecule has 0 spiro atoms. The minimum Gasteiger partial charge on any atom is -0.454 e. The van der Waals surface area contributed by atoms with Gasteiger partial charge in [0.1, 0.15) is 6.54 Å². The first kappa shape index (κ1) is 16.6. The van der Waals surface area contributed by atoms with E-state index in [2.05, 4.69) is 22.3 Å². The van der Waals surface area contributed by atoms with Crippen LogP contribution in [-0.4, -0.2) is 49.0 Å². The summed E-state index contributed by atoms with van der Waals surface area (Å²) in [5.74, 6) is 3.58. The fourth-order valence-corrected chi connectivity index (χ4v) is 5.55. The lowest BCUT2D eigenvalue weighted by atomic mass is 9.95. The molecule has 2 aliphatic carbocycles. The standard InChI is InChI=1S/C20H27N3O2S/c26-20(21-17-10-14-1-3-16(17)9-14)23-7-5-22(6-8-23)12-15-2-4-18-19(11-15)25-13-24-18/h2,4,11,14,16-17H,1,3,5-10,12-13H2,(H,21,26)/p+1/t14-,16-,17+/m1/s1. The Hall–Kier alpha value is -1.53. The Balaban J connectivity index is 1.11. The molecule has 2 aliphatic heterocycles. The monoisotopic (exact) mass is 374 g/mol. The van der Waals surface area contributed by atoms with E-state index in [1.54, 1.807) is 4.90 Å². The van der Waals surface area contributed by atoms with Crippen LogP contribution < -0.4 is 19.7 Å². The first-order valence-electron chi connectivity index (χ1n) is 10.0. The van der Waals surface area contributed by atoms with Crippen molar-refractivity contribution < 1.29 is 14.4 Å². The second-order valence-corrected chi connectivity index (χ2v) is 8.72. The molecule has 3 atom stereocenters. The lowest BCUT2D eigenvalue weighted by molar-refractivity contribution is -0.917. The smallest absolute Gasteiger partial charge is 0.231 e. The van der Waals surface area contributed by atoms with E-state index in [1.165, 1.54) is 31.2 Å². The number of benzene rings is 1. The molecular weight excluding hydrogens is 346 g/mol.